The van der Waals surface area contributed by atoms with Gasteiger partial charge in [0.05, 0.1) is 0 Å². The largest absolute Gasteiger partial charge is 0.353 e. The Morgan fingerprint density at radius 2 is 2.35 bits per heavy atom. The quantitative estimate of drug-likeness (QED) is 0.792. The van der Waals surface area contributed by atoms with Crippen LogP contribution in [0.1, 0.15) is 31.5 Å². The molecule has 0 amide bonds. The van der Waals surface area contributed by atoms with Crippen LogP contribution in [-0.2, 0) is 0 Å². The second-order valence-corrected chi connectivity index (χ2v) is 4.61. The van der Waals surface area contributed by atoms with Crippen LogP contribution < -0.4 is 16.2 Å². The third-order valence-electron chi connectivity index (χ3n) is 3.26. The Hall–Kier alpha value is -1.36. The Morgan fingerprint density at radius 1 is 1.59 bits per heavy atom. The highest BCUT2D eigenvalue weighted by atomic mass is 16.1. The molecule has 3 N–H and O–H groups in total. The summed E-state index contributed by atoms with van der Waals surface area (Å²) in [5, 5.41) is 0. The van der Waals surface area contributed by atoms with E-state index < -0.39 is 0 Å². The maximum absolute atomic E-state index is 11.5. The van der Waals surface area contributed by atoms with Gasteiger partial charge in [0.25, 0.3) is 5.56 Å². The number of aromatic amines is 1. The van der Waals surface area contributed by atoms with E-state index in [0.717, 1.165) is 18.8 Å². The average Bonchev–Trinajstić information content (AvgIpc) is 2.19. The summed E-state index contributed by atoms with van der Waals surface area (Å²) < 4.78 is 0. The number of aryl methyl sites for hydroxylation is 1. The molecule has 0 bridgehead atoms. The summed E-state index contributed by atoms with van der Waals surface area (Å²) in [6, 6.07) is 2.12. The molecule has 0 aromatic carbocycles. The van der Waals surface area contributed by atoms with E-state index in [1.54, 1.807) is 6.07 Å². The average molecular weight is 236 g/mol. The van der Waals surface area contributed by atoms with E-state index in [0.29, 0.717) is 18.4 Å². The van der Waals surface area contributed by atoms with Crippen LogP contribution in [0.15, 0.2) is 10.9 Å². The number of hydrogen-bond donors (Lipinski definition) is 2. The van der Waals surface area contributed by atoms with E-state index in [1.165, 1.54) is 19.3 Å². The molecule has 0 atom stereocenters. The van der Waals surface area contributed by atoms with Crippen molar-refractivity contribution in [3.63, 3.8) is 0 Å². The minimum atomic E-state index is -0.0791. The molecule has 2 rings (SSSR count). The number of anilines is 1. The van der Waals surface area contributed by atoms with Gasteiger partial charge in [-0.3, -0.25) is 4.79 Å². The number of hydrogen-bond acceptors (Lipinski definition) is 4. The van der Waals surface area contributed by atoms with Crippen LogP contribution in [0.5, 0.6) is 0 Å². The van der Waals surface area contributed by atoms with Gasteiger partial charge in [0.1, 0.15) is 11.6 Å². The maximum Gasteiger partial charge on any atom is 0.252 e. The molecule has 1 heterocycles. The van der Waals surface area contributed by atoms with Gasteiger partial charge in [-0.15, -0.1) is 0 Å². The molecule has 94 valence electrons. The van der Waals surface area contributed by atoms with Gasteiger partial charge in [-0.2, -0.15) is 0 Å². The highest BCUT2D eigenvalue weighted by Gasteiger charge is 2.25. The standard InChI is InChI=1S/C12H20N4O/c1-9-14-11(8-12(17)15-9)16(7-3-6-13)10-4-2-5-10/h8,10H,2-7,13H2,1H3,(H,14,15,17). The number of rotatable bonds is 5. The Morgan fingerprint density at radius 3 is 2.88 bits per heavy atom. The molecule has 0 unspecified atom stereocenters. The SMILES string of the molecule is Cc1nc(N(CCCN)C2CCC2)cc(=O)[nH]1. The molecule has 0 saturated heterocycles. The number of aromatic nitrogens is 2. The van der Waals surface area contributed by atoms with Crippen molar-refractivity contribution in [1.29, 1.82) is 0 Å². The Kier molecular flexibility index (Phi) is 3.78. The summed E-state index contributed by atoms with van der Waals surface area (Å²) >= 11 is 0. The first-order valence-corrected chi connectivity index (χ1v) is 6.25. The predicted octanol–water partition coefficient (Wildman–Crippen LogP) is 0.786. The first-order valence-electron chi connectivity index (χ1n) is 6.25. The molecule has 1 saturated carbocycles. The number of nitrogens with two attached hydrogens (primary N) is 1. The molecule has 0 aliphatic heterocycles. The fraction of sp³-hybridized carbons (Fsp3) is 0.667. The lowest BCUT2D eigenvalue weighted by atomic mass is 9.91. The van der Waals surface area contributed by atoms with Gasteiger partial charge < -0.3 is 15.6 Å². The van der Waals surface area contributed by atoms with Gasteiger partial charge in [-0.25, -0.2) is 4.98 Å². The molecule has 1 aromatic heterocycles. The van der Waals surface area contributed by atoms with Crippen molar-refractivity contribution in [2.24, 2.45) is 5.73 Å². The first kappa shape index (κ1) is 12.1. The van der Waals surface area contributed by atoms with E-state index in [4.69, 9.17) is 5.73 Å². The van der Waals surface area contributed by atoms with E-state index in [2.05, 4.69) is 14.9 Å². The number of nitrogens with zero attached hydrogens (tertiary/aromatic N) is 2. The summed E-state index contributed by atoms with van der Waals surface area (Å²) in [7, 11) is 0. The summed E-state index contributed by atoms with van der Waals surface area (Å²) in [5.74, 6) is 1.47. The smallest absolute Gasteiger partial charge is 0.252 e. The summed E-state index contributed by atoms with van der Waals surface area (Å²) in [4.78, 5) is 20.8. The zero-order valence-corrected chi connectivity index (χ0v) is 10.3. The van der Waals surface area contributed by atoms with Crippen molar-refractivity contribution in [2.45, 2.75) is 38.6 Å². The fourth-order valence-electron chi connectivity index (χ4n) is 2.16. The van der Waals surface area contributed by atoms with Crippen molar-refractivity contribution in [1.82, 2.24) is 9.97 Å². The first-order chi connectivity index (χ1) is 8.20. The van der Waals surface area contributed by atoms with Gasteiger partial charge in [0.15, 0.2) is 0 Å². The fourth-order valence-corrected chi connectivity index (χ4v) is 2.16. The molecule has 1 fully saturated rings. The molecule has 17 heavy (non-hydrogen) atoms. The lowest BCUT2D eigenvalue weighted by Gasteiger charge is -2.38. The van der Waals surface area contributed by atoms with Gasteiger partial charge in [0.2, 0.25) is 0 Å². The predicted molar refractivity (Wildman–Crippen MR) is 68.3 cm³/mol. The molecule has 1 aliphatic carbocycles. The lowest BCUT2D eigenvalue weighted by molar-refractivity contribution is 0.382. The van der Waals surface area contributed by atoms with Crippen LogP contribution in [0.2, 0.25) is 0 Å². The number of nitrogens with one attached hydrogen (secondary N) is 1. The molecule has 5 nitrogen and oxygen atoms in total. The topological polar surface area (TPSA) is 75.0 Å². The van der Waals surface area contributed by atoms with Crippen LogP contribution in [0.3, 0.4) is 0 Å². The minimum absolute atomic E-state index is 0.0791. The van der Waals surface area contributed by atoms with E-state index in [1.807, 2.05) is 6.92 Å². The second kappa shape index (κ2) is 5.31. The molecule has 5 heteroatoms. The zero-order chi connectivity index (χ0) is 12.3. The van der Waals surface area contributed by atoms with E-state index in [9.17, 15) is 4.79 Å². The monoisotopic (exact) mass is 236 g/mol. The molecular formula is C12H20N4O. The van der Waals surface area contributed by atoms with Crippen LogP contribution in [0, 0.1) is 6.92 Å². The van der Waals surface area contributed by atoms with E-state index in [-0.39, 0.29) is 5.56 Å². The van der Waals surface area contributed by atoms with Crippen molar-refractivity contribution in [2.75, 3.05) is 18.0 Å². The maximum atomic E-state index is 11.5. The molecule has 1 aromatic rings. The Labute approximate surface area is 101 Å². The minimum Gasteiger partial charge on any atom is -0.353 e. The van der Waals surface area contributed by atoms with Gasteiger partial charge in [-0.05, 0) is 39.2 Å². The van der Waals surface area contributed by atoms with Gasteiger partial charge >= 0.3 is 0 Å². The normalized spacial score (nSPS) is 15.6. The van der Waals surface area contributed by atoms with Crippen LogP contribution >= 0.6 is 0 Å². The third kappa shape index (κ3) is 2.85. The Bertz CT molecular complexity index is 425. The van der Waals surface area contributed by atoms with Crippen molar-refractivity contribution in [3.8, 4) is 0 Å². The summed E-state index contributed by atoms with van der Waals surface area (Å²) in [5.41, 5.74) is 5.48. The number of H-pyrrole nitrogens is 1. The van der Waals surface area contributed by atoms with Crippen molar-refractivity contribution < 1.29 is 0 Å². The van der Waals surface area contributed by atoms with E-state index >= 15 is 0 Å². The zero-order valence-electron chi connectivity index (χ0n) is 10.3. The van der Waals surface area contributed by atoms with Crippen LogP contribution in [0.4, 0.5) is 5.82 Å². The molecular weight excluding hydrogens is 216 g/mol. The summed E-state index contributed by atoms with van der Waals surface area (Å²) in [6.07, 6.45) is 4.59. The molecule has 0 radical (unpaired) electrons. The highest BCUT2D eigenvalue weighted by molar-refractivity contribution is 5.39. The lowest BCUT2D eigenvalue weighted by Crippen LogP contribution is -2.42. The highest BCUT2D eigenvalue weighted by Crippen LogP contribution is 2.27. The second-order valence-electron chi connectivity index (χ2n) is 4.61. The van der Waals surface area contributed by atoms with Crippen molar-refractivity contribution >= 4 is 5.82 Å². The van der Waals surface area contributed by atoms with Crippen LogP contribution in [0.25, 0.3) is 0 Å². The summed E-state index contributed by atoms with van der Waals surface area (Å²) in [6.45, 7) is 3.37. The van der Waals surface area contributed by atoms with Gasteiger partial charge in [0, 0.05) is 18.7 Å². The van der Waals surface area contributed by atoms with Crippen molar-refractivity contribution in [3.05, 3.63) is 22.2 Å². The third-order valence-corrected chi connectivity index (χ3v) is 3.26. The van der Waals surface area contributed by atoms with Gasteiger partial charge in [-0.1, -0.05) is 0 Å². The molecule has 1 aliphatic rings. The Balaban J connectivity index is 2.20. The molecule has 0 spiro atoms. The van der Waals surface area contributed by atoms with Crippen LogP contribution in [-0.4, -0.2) is 29.1 Å².